The topological polar surface area (TPSA) is 444 Å². The molecule has 0 fully saturated rings. The van der Waals surface area contributed by atoms with Gasteiger partial charge >= 0.3 is 12.4 Å². The summed E-state index contributed by atoms with van der Waals surface area (Å²) in [5.41, 5.74) is 24.2. The number of nitrogens with one attached hydrogen (secondary N) is 4. The normalized spacial score (nSPS) is 11.5. The zero-order valence-corrected chi connectivity index (χ0v) is 41.6. The molecular formula is C46H38F6N30. The SMILES string of the molecule is FC(F)(F)c1nc(-c2nc(Cc3cncnc3)c3ncccn23)n[nH]1.N#Cc1nc(Cc2cncnc2)c2ncccn12.N/N=C(\N)c1nc(N)c(Cc2cncnc2)[nH]1.Nc1nc(-c2n[nH]c(C(F)(F)F)n2)[nH]c1Cc1cncnc1. The van der Waals surface area contributed by atoms with E-state index in [9.17, 15) is 26.3 Å². The van der Waals surface area contributed by atoms with Crippen LogP contribution in [0.15, 0.2) is 117 Å². The van der Waals surface area contributed by atoms with Crippen molar-refractivity contribution in [2.24, 2.45) is 16.7 Å². The summed E-state index contributed by atoms with van der Waals surface area (Å²) in [5, 5.41) is 23.2. The second-order valence-corrected chi connectivity index (χ2v) is 16.6. The molecule has 0 aliphatic heterocycles. The van der Waals surface area contributed by atoms with Crippen molar-refractivity contribution >= 4 is 28.8 Å². The van der Waals surface area contributed by atoms with Crippen LogP contribution in [0.5, 0.6) is 0 Å². The molecule has 12 aromatic rings. The van der Waals surface area contributed by atoms with Gasteiger partial charge in [0.15, 0.2) is 34.6 Å². The number of aromatic nitrogens is 24. The number of amidine groups is 1. The Morgan fingerprint density at radius 3 is 1.49 bits per heavy atom. The quantitative estimate of drug-likeness (QED) is 0.0303. The highest BCUT2D eigenvalue weighted by Gasteiger charge is 2.37. The first-order chi connectivity index (χ1) is 39.5. The van der Waals surface area contributed by atoms with Crippen molar-refractivity contribution < 1.29 is 26.3 Å². The van der Waals surface area contributed by atoms with E-state index in [2.05, 4.69) is 111 Å². The fourth-order valence-corrected chi connectivity index (χ4v) is 7.31. The van der Waals surface area contributed by atoms with Crippen LogP contribution in [0.4, 0.5) is 38.0 Å². The lowest BCUT2D eigenvalue weighted by molar-refractivity contribution is -0.145. The minimum atomic E-state index is -4.61. The molecule has 0 atom stereocenters. The Kier molecular flexibility index (Phi) is 16.3. The average molecular weight is 1130 g/mol. The number of rotatable bonds is 11. The molecule has 36 heteroatoms. The summed E-state index contributed by atoms with van der Waals surface area (Å²) in [6.45, 7) is 0. The highest BCUT2D eigenvalue weighted by Crippen LogP contribution is 2.29. The van der Waals surface area contributed by atoms with Gasteiger partial charge in [0.1, 0.15) is 43.0 Å². The molecule has 12 N–H and O–H groups in total. The number of fused-ring (bicyclic) bond motifs is 2. The lowest BCUT2D eigenvalue weighted by atomic mass is 10.2. The standard InChI is InChI=1S/C14H9F3N8.C12H8N6.C11H9F3N8.C9H12N8/c15-14(16,17)13-22-10(23-24-13)12-21-9(4-8-5-18-7-19-6-8)11-20-2-1-3-25(11)12;13-5-11-17-10(4-9-6-14-8-15-7-9)12-16-2-1-3-18(11)12;12-11(13,14)10-20-9(21-22-10)8-18-6(7(15)19-8)1-5-2-16-4-17-3-5;10-7-6(1-5-2-13-4-14-3-5)15-9(16-7)8(11)17-12/h1-3,5-7H,4H2,(H,22,23,24);1-3,6-8H,4H2;2-4H,1,15H2,(H,18,19)(H,20,21,22);2-4H,1,10,12H2,(H2,11,17)(H,15,16). The van der Waals surface area contributed by atoms with Gasteiger partial charge in [-0.25, -0.2) is 79.7 Å². The Hall–Kier alpha value is -11.8. The predicted molar refractivity (Wildman–Crippen MR) is 272 cm³/mol. The van der Waals surface area contributed by atoms with Crippen LogP contribution in [0.3, 0.4) is 0 Å². The minimum Gasteiger partial charge on any atom is -0.382 e. The number of halogens is 6. The van der Waals surface area contributed by atoms with E-state index in [1.165, 1.54) is 25.3 Å². The second kappa shape index (κ2) is 24.3. The monoisotopic (exact) mass is 1120 g/mol. The molecule has 0 amide bonds. The number of nitriles is 1. The van der Waals surface area contributed by atoms with E-state index >= 15 is 0 Å². The lowest BCUT2D eigenvalue weighted by Gasteiger charge is -1.98. The summed E-state index contributed by atoms with van der Waals surface area (Å²) in [4.78, 5) is 69.1. The molecular weight excluding hydrogens is 1090 g/mol. The molecule has 0 aliphatic carbocycles. The molecule has 82 heavy (non-hydrogen) atoms. The van der Waals surface area contributed by atoms with Crippen molar-refractivity contribution in [2.45, 2.75) is 38.0 Å². The summed E-state index contributed by atoms with van der Waals surface area (Å²) in [7, 11) is 0. The zero-order valence-electron chi connectivity index (χ0n) is 41.6. The van der Waals surface area contributed by atoms with Crippen LogP contribution in [0.25, 0.3) is 34.6 Å². The average Bonchev–Trinajstić information content (AvgIpc) is 4.58. The Morgan fingerprint density at radius 2 is 1.00 bits per heavy atom. The van der Waals surface area contributed by atoms with Crippen LogP contribution >= 0.6 is 0 Å². The van der Waals surface area contributed by atoms with E-state index in [0.717, 1.165) is 33.6 Å². The van der Waals surface area contributed by atoms with E-state index in [0.29, 0.717) is 65.8 Å². The Balaban J connectivity index is 0.000000133. The fourth-order valence-electron chi connectivity index (χ4n) is 7.31. The fraction of sp³-hybridized carbons (Fsp3) is 0.130. The van der Waals surface area contributed by atoms with Gasteiger partial charge in [0, 0.05) is 100 Å². The molecule has 0 bridgehead atoms. The van der Waals surface area contributed by atoms with E-state index in [1.807, 2.05) is 10.2 Å². The van der Waals surface area contributed by atoms with Gasteiger partial charge in [-0.1, -0.05) is 0 Å². The van der Waals surface area contributed by atoms with Crippen LogP contribution in [-0.2, 0) is 38.0 Å². The summed E-state index contributed by atoms with van der Waals surface area (Å²) in [6.07, 6.45) is 18.4. The number of nitrogens with zero attached hydrogens (tertiary/aromatic N) is 22. The van der Waals surface area contributed by atoms with Crippen molar-refractivity contribution in [1.82, 2.24) is 119 Å². The number of imidazole rings is 4. The van der Waals surface area contributed by atoms with Gasteiger partial charge in [0.05, 0.1) is 22.8 Å². The largest absolute Gasteiger partial charge is 0.451 e. The van der Waals surface area contributed by atoms with Crippen molar-refractivity contribution in [2.75, 3.05) is 11.5 Å². The molecule has 12 aromatic heterocycles. The van der Waals surface area contributed by atoms with Crippen molar-refractivity contribution in [1.29, 1.82) is 5.26 Å². The molecule has 0 saturated carbocycles. The third-order valence-corrected chi connectivity index (χ3v) is 10.9. The number of hydrogen-bond donors (Lipinski definition) is 8. The first kappa shape index (κ1) is 55.0. The van der Waals surface area contributed by atoms with Gasteiger partial charge in [0.2, 0.25) is 29.1 Å². The molecule has 0 saturated heterocycles. The maximum Gasteiger partial charge on any atom is 0.451 e. The smallest absolute Gasteiger partial charge is 0.382 e. The summed E-state index contributed by atoms with van der Waals surface area (Å²) >= 11 is 0. The number of nitrogens with two attached hydrogens (primary N) is 4. The molecule has 0 spiro atoms. The molecule has 30 nitrogen and oxygen atoms in total. The lowest BCUT2D eigenvalue weighted by Crippen LogP contribution is -2.17. The minimum absolute atomic E-state index is 0.0519. The maximum absolute atomic E-state index is 12.7. The number of nitrogen functional groups attached to an aromatic ring is 2. The highest BCUT2D eigenvalue weighted by atomic mass is 19.4. The molecule has 12 rings (SSSR count). The van der Waals surface area contributed by atoms with E-state index < -0.39 is 24.0 Å². The van der Waals surface area contributed by atoms with Crippen molar-refractivity contribution in [3.05, 3.63) is 180 Å². The zero-order chi connectivity index (χ0) is 57.8. The van der Waals surface area contributed by atoms with Crippen LogP contribution in [0.2, 0.25) is 0 Å². The van der Waals surface area contributed by atoms with Gasteiger partial charge in [-0.05, 0) is 34.4 Å². The number of aromatic amines is 4. The molecule has 0 unspecified atom stereocenters. The van der Waals surface area contributed by atoms with Gasteiger partial charge in [-0.15, -0.1) is 10.2 Å². The Labute approximate surface area is 453 Å². The summed E-state index contributed by atoms with van der Waals surface area (Å²) < 4.78 is 78.9. The van der Waals surface area contributed by atoms with E-state index in [-0.39, 0.29) is 35.0 Å². The van der Waals surface area contributed by atoms with Crippen LogP contribution < -0.4 is 23.0 Å². The van der Waals surface area contributed by atoms with Gasteiger partial charge < -0.3 is 33.0 Å². The van der Waals surface area contributed by atoms with E-state index in [1.54, 1.807) is 95.3 Å². The molecule has 0 aliphatic rings. The van der Waals surface area contributed by atoms with Crippen molar-refractivity contribution in [3.8, 4) is 29.4 Å². The second-order valence-electron chi connectivity index (χ2n) is 16.6. The highest BCUT2D eigenvalue weighted by molar-refractivity contribution is 5.94. The Bertz CT molecular complexity index is 4110. The first-order valence-corrected chi connectivity index (χ1v) is 23.3. The number of hydrazone groups is 1. The number of alkyl halides is 6. The number of H-pyrrole nitrogens is 4. The number of anilines is 2. The molecule has 12 heterocycles. The Morgan fingerprint density at radius 1 is 0.561 bits per heavy atom. The third-order valence-electron chi connectivity index (χ3n) is 10.9. The predicted octanol–water partition coefficient (Wildman–Crippen LogP) is 3.02. The van der Waals surface area contributed by atoms with Gasteiger partial charge in [-0.2, -0.15) is 36.7 Å². The molecule has 0 aromatic carbocycles. The van der Waals surface area contributed by atoms with E-state index in [4.69, 9.17) is 28.3 Å². The van der Waals surface area contributed by atoms with Gasteiger partial charge in [0.25, 0.3) is 0 Å². The molecule has 0 radical (unpaired) electrons. The molecule has 414 valence electrons. The van der Waals surface area contributed by atoms with Crippen LogP contribution in [0, 0.1) is 11.3 Å². The van der Waals surface area contributed by atoms with Crippen molar-refractivity contribution in [3.63, 3.8) is 0 Å². The number of hydrogen-bond acceptors (Lipinski definition) is 23. The van der Waals surface area contributed by atoms with Crippen LogP contribution in [-0.4, -0.2) is 125 Å². The van der Waals surface area contributed by atoms with Gasteiger partial charge in [-0.3, -0.25) is 19.0 Å². The summed E-state index contributed by atoms with van der Waals surface area (Å²) in [6, 6.07) is 5.47. The third kappa shape index (κ3) is 13.3. The van der Waals surface area contributed by atoms with Crippen LogP contribution in [0.1, 0.15) is 68.3 Å². The summed E-state index contributed by atoms with van der Waals surface area (Å²) in [5.74, 6) is 3.83. The first-order valence-electron chi connectivity index (χ1n) is 23.3. The maximum atomic E-state index is 12.7.